The Kier molecular flexibility index (Phi) is 5.09. The van der Waals surface area contributed by atoms with E-state index in [1.807, 2.05) is 6.92 Å². The lowest BCUT2D eigenvalue weighted by Crippen LogP contribution is -2.22. The zero-order chi connectivity index (χ0) is 14.0. The molecule has 1 heterocycles. The number of hydrogen-bond donors (Lipinski definition) is 1. The summed E-state index contributed by atoms with van der Waals surface area (Å²) in [7, 11) is 0. The van der Waals surface area contributed by atoms with Gasteiger partial charge in [0.15, 0.2) is 0 Å². The Morgan fingerprint density at radius 1 is 1.26 bits per heavy atom. The normalized spacial score (nSPS) is 12.7. The molecule has 0 fully saturated rings. The summed E-state index contributed by atoms with van der Waals surface area (Å²) in [6.45, 7) is 2.66. The molecule has 0 spiro atoms. The van der Waals surface area contributed by atoms with Crippen LogP contribution in [0.2, 0.25) is 13.7 Å². The highest BCUT2D eigenvalue weighted by atomic mass is 35.5. The van der Waals surface area contributed by atoms with Gasteiger partial charge in [-0.15, -0.1) is 11.3 Å². The molecule has 0 bridgehead atoms. The summed E-state index contributed by atoms with van der Waals surface area (Å²) in [6, 6.07) is 6.24. The van der Waals surface area contributed by atoms with Crippen molar-refractivity contribution in [3.63, 3.8) is 0 Å². The van der Waals surface area contributed by atoms with Crippen molar-refractivity contribution >= 4 is 46.1 Å². The molecular formula is C13H11Cl3FNS. The quantitative estimate of drug-likeness (QED) is 0.771. The summed E-state index contributed by atoms with van der Waals surface area (Å²) in [5, 5.41) is 3.35. The van der Waals surface area contributed by atoms with Gasteiger partial charge in [0.1, 0.15) is 5.82 Å². The van der Waals surface area contributed by atoms with E-state index in [0.29, 0.717) is 20.8 Å². The molecule has 2 aromatic rings. The van der Waals surface area contributed by atoms with E-state index in [2.05, 4.69) is 5.32 Å². The van der Waals surface area contributed by atoms with E-state index < -0.39 is 5.82 Å². The van der Waals surface area contributed by atoms with Gasteiger partial charge in [-0.25, -0.2) is 4.39 Å². The zero-order valence-corrected chi connectivity index (χ0v) is 13.1. The summed E-state index contributed by atoms with van der Waals surface area (Å²) in [6.07, 6.45) is 0. The lowest BCUT2D eigenvalue weighted by atomic mass is 10.0. The summed E-state index contributed by atoms with van der Waals surface area (Å²) >= 11 is 19.5. The molecule has 1 N–H and O–H groups in total. The topological polar surface area (TPSA) is 12.0 Å². The molecule has 1 atom stereocenters. The number of thiophene rings is 1. The van der Waals surface area contributed by atoms with Crippen molar-refractivity contribution in [1.29, 1.82) is 0 Å². The highest BCUT2D eigenvalue weighted by molar-refractivity contribution is 7.20. The number of benzene rings is 1. The third-order valence-corrected chi connectivity index (χ3v) is 4.61. The van der Waals surface area contributed by atoms with Gasteiger partial charge >= 0.3 is 0 Å². The largest absolute Gasteiger partial charge is 0.306 e. The molecule has 0 aliphatic rings. The molecule has 0 saturated heterocycles. The van der Waals surface area contributed by atoms with E-state index >= 15 is 0 Å². The summed E-state index contributed by atoms with van der Waals surface area (Å²) < 4.78 is 14.8. The van der Waals surface area contributed by atoms with Gasteiger partial charge in [0.25, 0.3) is 0 Å². The average molecular weight is 339 g/mol. The number of halogens is 4. The third-order valence-electron chi connectivity index (χ3n) is 2.69. The summed E-state index contributed by atoms with van der Waals surface area (Å²) in [5.74, 6) is -0.445. The predicted octanol–water partition coefficient (Wildman–Crippen LogP) is 5.55. The van der Waals surface area contributed by atoms with Gasteiger partial charge in [-0.3, -0.25) is 0 Å². The molecule has 0 aliphatic carbocycles. The molecule has 1 nitrogen and oxygen atoms in total. The molecule has 102 valence electrons. The maximum atomic E-state index is 13.6. The second-order valence-corrected chi connectivity index (χ2v) is 6.58. The van der Waals surface area contributed by atoms with Gasteiger partial charge in [-0.1, -0.05) is 53.9 Å². The van der Waals surface area contributed by atoms with Crippen molar-refractivity contribution in [2.75, 3.05) is 6.54 Å². The standard InChI is InChI=1S/C13H11Cl3FNS/c1-2-18-12(8-6-10(14)19-13(8)16)7-4-3-5-9(17)11(7)15/h3-6,12,18H,2H2,1H3. The van der Waals surface area contributed by atoms with Crippen LogP contribution >= 0.6 is 46.1 Å². The van der Waals surface area contributed by atoms with Crippen LogP contribution in [0.5, 0.6) is 0 Å². The highest BCUT2D eigenvalue weighted by Gasteiger charge is 2.22. The predicted molar refractivity (Wildman–Crippen MR) is 81.3 cm³/mol. The lowest BCUT2D eigenvalue weighted by molar-refractivity contribution is 0.604. The average Bonchev–Trinajstić information content (AvgIpc) is 2.69. The number of rotatable bonds is 4. The van der Waals surface area contributed by atoms with Crippen molar-refractivity contribution in [3.8, 4) is 0 Å². The van der Waals surface area contributed by atoms with Crippen LogP contribution in [0.25, 0.3) is 0 Å². The molecule has 1 aromatic carbocycles. The Bertz CT molecular complexity index is 585. The van der Waals surface area contributed by atoms with Crippen molar-refractivity contribution in [3.05, 3.63) is 54.9 Å². The fraction of sp³-hybridized carbons (Fsp3) is 0.231. The van der Waals surface area contributed by atoms with Crippen LogP contribution in [0, 0.1) is 5.82 Å². The van der Waals surface area contributed by atoms with Gasteiger partial charge in [0, 0.05) is 5.56 Å². The molecule has 2 rings (SSSR count). The second-order valence-electron chi connectivity index (χ2n) is 3.91. The first-order valence-electron chi connectivity index (χ1n) is 5.66. The third kappa shape index (κ3) is 3.23. The van der Waals surface area contributed by atoms with Gasteiger partial charge < -0.3 is 5.32 Å². The Morgan fingerprint density at radius 2 is 2.00 bits per heavy atom. The Morgan fingerprint density at radius 3 is 2.58 bits per heavy atom. The lowest BCUT2D eigenvalue weighted by Gasteiger charge is -2.19. The fourth-order valence-corrected chi connectivity index (χ4v) is 3.65. The molecule has 1 unspecified atom stereocenters. The molecule has 19 heavy (non-hydrogen) atoms. The number of nitrogens with one attached hydrogen (secondary N) is 1. The molecule has 0 amide bonds. The Balaban J connectivity index is 2.51. The Labute approximate surface area is 130 Å². The van der Waals surface area contributed by atoms with E-state index in [1.54, 1.807) is 18.2 Å². The van der Waals surface area contributed by atoms with Crippen LogP contribution in [0.4, 0.5) is 4.39 Å². The first-order chi connectivity index (χ1) is 9.04. The van der Waals surface area contributed by atoms with Crippen LogP contribution in [0.1, 0.15) is 24.1 Å². The second kappa shape index (κ2) is 6.42. The molecule has 0 radical (unpaired) electrons. The van der Waals surface area contributed by atoms with Crippen LogP contribution < -0.4 is 5.32 Å². The van der Waals surface area contributed by atoms with Crippen molar-refractivity contribution in [2.24, 2.45) is 0 Å². The molecule has 0 aliphatic heterocycles. The molecule has 0 saturated carbocycles. The van der Waals surface area contributed by atoms with E-state index in [-0.39, 0.29) is 11.1 Å². The molecular weight excluding hydrogens is 328 g/mol. The van der Waals surface area contributed by atoms with E-state index in [4.69, 9.17) is 34.8 Å². The van der Waals surface area contributed by atoms with Crippen LogP contribution in [0.3, 0.4) is 0 Å². The monoisotopic (exact) mass is 337 g/mol. The molecule has 1 aromatic heterocycles. The van der Waals surface area contributed by atoms with Crippen LogP contribution in [-0.4, -0.2) is 6.54 Å². The minimum Gasteiger partial charge on any atom is -0.306 e. The van der Waals surface area contributed by atoms with Crippen molar-refractivity contribution in [2.45, 2.75) is 13.0 Å². The van der Waals surface area contributed by atoms with Gasteiger partial charge in [-0.2, -0.15) is 0 Å². The van der Waals surface area contributed by atoms with Gasteiger partial charge in [0.05, 0.1) is 19.7 Å². The minimum absolute atomic E-state index is 0.104. The fourth-order valence-electron chi connectivity index (χ4n) is 1.88. The van der Waals surface area contributed by atoms with Crippen molar-refractivity contribution < 1.29 is 4.39 Å². The van der Waals surface area contributed by atoms with Crippen molar-refractivity contribution in [1.82, 2.24) is 5.32 Å². The first kappa shape index (κ1) is 15.1. The van der Waals surface area contributed by atoms with Gasteiger partial charge in [0.2, 0.25) is 0 Å². The maximum Gasteiger partial charge on any atom is 0.142 e. The van der Waals surface area contributed by atoms with Crippen LogP contribution in [0.15, 0.2) is 24.3 Å². The number of hydrogen-bond acceptors (Lipinski definition) is 2. The molecule has 6 heteroatoms. The first-order valence-corrected chi connectivity index (χ1v) is 7.61. The smallest absolute Gasteiger partial charge is 0.142 e. The highest BCUT2D eigenvalue weighted by Crippen LogP contribution is 2.39. The summed E-state index contributed by atoms with van der Waals surface area (Å²) in [4.78, 5) is 0. The SMILES string of the molecule is CCNC(c1cc(Cl)sc1Cl)c1cccc(F)c1Cl. The summed E-state index contributed by atoms with van der Waals surface area (Å²) in [5.41, 5.74) is 1.46. The minimum atomic E-state index is -0.445. The van der Waals surface area contributed by atoms with E-state index in [0.717, 1.165) is 5.56 Å². The van der Waals surface area contributed by atoms with E-state index in [9.17, 15) is 4.39 Å². The van der Waals surface area contributed by atoms with Gasteiger partial charge in [-0.05, 0) is 24.2 Å². The van der Waals surface area contributed by atoms with E-state index in [1.165, 1.54) is 17.4 Å². The zero-order valence-electron chi connectivity index (χ0n) is 10.0. The maximum absolute atomic E-state index is 13.6. The van der Waals surface area contributed by atoms with Crippen LogP contribution in [-0.2, 0) is 0 Å². The Hall–Kier alpha value is -0.320.